The predicted octanol–water partition coefficient (Wildman–Crippen LogP) is 1.67. The molecule has 0 radical (unpaired) electrons. The molecule has 0 rings (SSSR count). The number of carboxylic acids is 1. The Balaban J connectivity index is 3.93. The van der Waals surface area contributed by atoms with E-state index < -0.39 is 5.97 Å². The molecular weight excluding hydrogens is 234 g/mol. The minimum absolute atomic E-state index is 0.00822. The van der Waals surface area contributed by atoms with Crippen LogP contribution in [0.1, 0.15) is 39.5 Å². The lowest BCUT2D eigenvalue weighted by Crippen LogP contribution is -2.31. The Labute approximate surface area is 109 Å². The molecule has 1 unspecified atom stereocenters. The minimum atomic E-state index is -0.811. The Morgan fingerprint density at radius 1 is 1.33 bits per heavy atom. The summed E-state index contributed by atoms with van der Waals surface area (Å²) < 4.78 is 4.87. The number of carboxylic acid groups (broad SMARTS) is 1. The van der Waals surface area contributed by atoms with Gasteiger partial charge in [0.2, 0.25) is 5.91 Å². The van der Waals surface area contributed by atoms with Gasteiger partial charge in [0.25, 0.3) is 0 Å². The standard InChI is InChI=1S/C13H25NO4/c1-10(2)7-11(8-13(16)17)9-14-12(15)5-4-6-18-3/h10-11H,4-9H2,1-3H3,(H,14,15)(H,16,17). The van der Waals surface area contributed by atoms with Gasteiger partial charge in [0.05, 0.1) is 0 Å². The monoisotopic (exact) mass is 259 g/mol. The molecule has 1 amide bonds. The number of aliphatic carboxylic acids is 1. The quantitative estimate of drug-likeness (QED) is 0.585. The molecule has 0 aromatic carbocycles. The summed E-state index contributed by atoms with van der Waals surface area (Å²) in [5.74, 6) is -0.408. The Bertz CT molecular complexity index is 253. The molecule has 0 heterocycles. The van der Waals surface area contributed by atoms with Gasteiger partial charge in [0.1, 0.15) is 0 Å². The Kier molecular flexibility index (Phi) is 9.28. The lowest BCUT2D eigenvalue weighted by molar-refractivity contribution is -0.138. The number of amides is 1. The van der Waals surface area contributed by atoms with Crippen LogP contribution in [0.15, 0.2) is 0 Å². The van der Waals surface area contributed by atoms with Crippen molar-refractivity contribution in [2.45, 2.75) is 39.5 Å². The molecule has 0 aliphatic heterocycles. The summed E-state index contributed by atoms with van der Waals surface area (Å²) in [4.78, 5) is 22.2. The molecule has 0 spiro atoms. The van der Waals surface area contributed by atoms with Gasteiger partial charge in [0.15, 0.2) is 0 Å². The lowest BCUT2D eigenvalue weighted by Gasteiger charge is -2.17. The van der Waals surface area contributed by atoms with E-state index in [9.17, 15) is 9.59 Å². The van der Waals surface area contributed by atoms with Gasteiger partial charge in [0, 0.05) is 33.1 Å². The molecule has 0 saturated carbocycles. The Morgan fingerprint density at radius 2 is 2.00 bits per heavy atom. The zero-order chi connectivity index (χ0) is 14.0. The highest BCUT2D eigenvalue weighted by Gasteiger charge is 2.15. The molecule has 18 heavy (non-hydrogen) atoms. The smallest absolute Gasteiger partial charge is 0.303 e. The third kappa shape index (κ3) is 10.1. The molecule has 0 saturated heterocycles. The summed E-state index contributed by atoms with van der Waals surface area (Å²) in [7, 11) is 1.60. The van der Waals surface area contributed by atoms with Crippen LogP contribution in [0.3, 0.4) is 0 Å². The average molecular weight is 259 g/mol. The molecule has 0 aromatic heterocycles. The van der Waals surface area contributed by atoms with Crippen molar-refractivity contribution in [2.24, 2.45) is 11.8 Å². The summed E-state index contributed by atoms with van der Waals surface area (Å²) >= 11 is 0. The maximum Gasteiger partial charge on any atom is 0.303 e. The summed E-state index contributed by atoms with van der Waals surface area (Å²) in [6.45, 7) is 5.11. The number of carbonyl (C=O) groups is 2. The SMILES string of the molecule is COCCCC(=O)NCC(CC(=O)O)CC(C)C. The number of hydrogen-bond donors (Lipinski definition) is 2. The number of carbonyl (C=O) groups excluding carboxylic acids is 1. The molecule has 1 atom stereocenters. The molecule has 106 valence electrons. The van der Waals surface area contributed by atoms with Crippen molar-refractivity contribution in [2.75, 3.05) is 20.3 Å². The zero-order valence-corrected chi connectivity index (χ0v) is 11.6. The average Bonchev–Trinajstić information content (AvgIpc) is 2.25. The fraction of sp³-hybridized carbons (Fsp3) is 0.846. The first kappa shape index (κ1) is 16.9. The summed E-state index contributed by atoms with van der Waals surface area (Å²) in [5, 5.41) is 11.6. The van der Waals surface area contributed by atoms with Crippen LogP contribution in [0.4, 0.5) is 0 Å². The normalized spacial score (nSPS) is 12.4. The van der Waals surface area contributed by atoms with Crippen LogP contribution in [0.5, 0.6) is 0 Å². The van der Waals surface area contributed by atoms with Gasteiger partial charge < -0.3 is 15.2 Å². The topological polar surface area (TPSA) is 75.6 Å². The van der Waals surface area contributed by atoms with E-state index in [4.69, 9.17) is 9.84 Å². The van der Waals surface area contributed by atoms with E-state index in [0.717, 1.165) is 6.42 Å². The van der Waals surface area contributed by atoms with Crippen molar-refractivity contribution in [1.82, 2.24) is 5.32 Å². The molecule has 0 aliphatic carbocycles. The second kappa shape index (κ2) is 9.88. The van der Waals surface area contributed by atoms with Crippen molar-refractivity contribution in [3.8, 4) is 0 Å². The molecule has 5 nitrogen and oxygen atoms in total. The maximum atomic E-state index is 11.5. The van der Waals surface area contributed by atoms with Crippen LogP contribution < -0.4 is 5.32 Å². The zero-order valence-electron chi connectivity index (χ0n) is 11.6. The Morgan fingerprint density at radius 3 is 2.50 bits per heavy atom. The van der Waals surface area contributed by atoms with Gasteiger partial charge in [-0.25, -0.2) is 0 Å². The fourth-order valence-electron chi connectivity index (χ4n) is 1.88. The van der Waals surface area contributed by atoms with E-state index in [1.54, 1.807) is 7.11 Å². The van der Waals surface area contributed by atoms with Crippen LogP contribution in [0.25, 0.3) is 0 Å². The molecule has 5 heteroatoms. The van der Waals surface area contributed by atoms with Gasteiger partial charge in [-0.2, -0.15) is 0 Å². The molecule has 0 fully saturated rings. The van der Waals surface area contributed by atoms with Crippen molar-refractivity contribution in [1.29, 1.82) is 0 Å². The van der Waals surface area contributed by atoms with Gasteiger partial charge >= 0.3 is 5.97 Å². The Hall–Kier alpha value is -1.10. The van der Waals surface area contributed by atoms with Crippen LogP contribution >= 0.6 is 0 Å². The third-order valence-electron chi connectivity index (χ3n) is 2.61. The number of methoxy groups -OCH3 is 1. The van der Waals surface area contributed by atoms with Gasteiger partial charge in [-0.3, -0.25) is 9.59 Å². The summed E-state index contributed by atoms with van der Waals surface area (Å²) in [6.07, 6.45) is 2.03. The largest absolute Gasteiger partial charge is 0.481 e. The summed E-state index contributed by atoms with van der Waals surface area (Å²) in [5.41, 5.74) is 0. The van der Waals surface area contributed by atoms with Crippen molar-refractivity contribution in [3.63, 3.8) is 0 Å². The van der Waals surface area contributed by atoms with E-state index in [0.29, 0.717) is 31.9 Å². The number of hydrogen-bond acceptors (Lipinski definition) is 3. The number of nitrogens with one attached hydrogen (secondary N) is 1. The maximum absolute atomic E-state index is 11.5. The van der Waals surface area contributed by atoms with E-state index in [1.807, 2.05) is 0 Å². The van der Waals surface area contributed by atoms with Crippen LogP contribution in [0.2, 0.25) is 0 Å². The van der Waals surface area contributed by atoms with Gasteiger partial charge in [-0.05, 0) is 24.7 Å². The predicted molar refractivity (Wildman–Crippen MR) is 69.3 cm³/mol. The highest BCUT2D eigenvalue weighted by molar-refractivity contribution is 5.75. The fourth-order valence-corrected chi connectivity index (χ4v) is 1.88. The first-order valence-corrected chi connectivity index (χ1v) is 6.43. The molecule has 2 N–H and O–H groups in total. The second-order valence-corrected chi connectivity index (χ2v) is 4.99. The third-order valence-corrected chi connectivity index (χ3v) is 2.61. The van der Waals surface area contributed by atoms with E-state index in [2.05, 4.69) is 19.2 Å². The molecule has 0 aliphatic rings. The molecular formula is C13H25NO4. The van der Waals surface area contributed by atoms with E-state index in [-0.39, 0.29) is 18.2 Å². The highest BCUT2D eigenvalue weighted by atomic mass is 16.5. The van der Waals surface area contributed by atoms with Gasteiger partial charge in [-0.15, -0.1) is 0 Å². The second-order valence-electron chi connectivity index (χ2n) is 4.99. The summed E-state index contributed by atoms with van der Waals surface area (Å²) in [6, 6.07) is 0. The molecule has 0 aromatic rings. The van der Waals surface area contributed by atoms with Crippen molar-refractivity contribution < 1.29 is 19.4 Å². The van der Waals surface area contributed by atoms with Gasteiger partial charge in [-0.1, -0.05) is 13.8 Å². The van der Waals surface area contributed by atoms with Crippen LogP contribution in [0, 0.1) is 11.8 Å². The van der Waals surface area contributed by atoms with E-state index in [1.165, 1.54) is 0 Å². The number of ether oxygens (including phenoxy) is 1. The van der Waals surface area contributed by atoms with Crippen LogP contribution in [-0.4, -0.2) is 37.2 Å². The lowest BCUT2D eigenvalue weighted by atomic mass is 9.94. The molecule has 0 bridgehead atoms. The van der Waals surface area contributed by atoms with Crippen molar-refractivity contribution in [3.05, 3.63) is 0 Å². The van der Waals surface area contributed by atoms with Crippen molar-refractivity contribution >= 4 is 11.9 Å². The van der Waals surface area contributed by atoms with E-state index >= 15 is 0 Å². The minimum Gasteiger partial charge on any atom is -0.481 e. The highest BCUT2D eigenvalue weighted by Crippen LogP contribution is 2.14. The number of rotatable bonds is 10. The van der Waals surface area contributed by atoms with Crippen LogP contribution in [-0.2, 0) is 14.3 Å². The first-order chi connectivity index (χ1) is 8.45. The first-order valence-electron chi connectivity index (χ1n) is 6.43.